The maximum atomic E-state index is 13.3. The summed E-state index contributed by atoms with van der Waals surface area (Å²) in [5.41, 5.74) is 0.812. The van der Waals surface area contributed by atoms with Crippen LogP contribution in [0.25, 0.3) is 0 Å². The van der Waals surface area contributed by atoms with Crippen molar-refractivity contribution in [1.82, 2.24) is 15.5 Å². The summed E-state index contributed by atoms with van der Waals surface area (Å²) in [4.78, 5) is 61.9. The van der Waals surface area contributed by atoms with E-state index in [9.17, 15) is 29.1 Å². The lowest BCUT2D eigenvalue weighted by Gasteiger charge is -2.44. The number of nitrogens with one attached hydrogen (secondary N) is 2. The molecule has 2 heterocycles. The number of esters is 2. The van der Waals surface area contributed by atoms with Gasteiger partial charge in [-0.15, -0.1) is 11.8 Å². The van der Waals surface area contributed by atoms with Crippen molar-refractivity contribution in [2.75, 3.05) is 7.11 Å². The second-order valence-corrected chi connectivity index (χ2v) is 10.4. The van der Waals surface area contributed by atoms with Gasteiger partial charge in [0.1, 0.15) is 29.2 Å². The summed E-state index contributed by atoms with van der Waals surface area (Å²) in [6.07, 6.45) is 1.18. The van der Waals surface area contributed by atoms with E-state index in [1.165, 1.54) is 48.9 Å². The minimum Gasteiger partial charge on any atom is -0.480 e. The van der Waals surface area contributed by atoms with Gasteiger partial charge in [-0.2, -0.15) is 0 Å². The molecular formula is C23H27N3O8S. The zero-order valence-corrected chi connectivity index (χ0v) is 20.7. The van der Waals surface area contributed by atoms with Gasteiger partial charge in [-0.25, -0.2) is 9.59 Å². The van der Waals surface area contributed by atoms with Gasteiger partial charge in [0.2, 0.25) is 11.8 Å². The molecule has 0 saturated carbocycles. The average Bonchev–Trinajstić information content (AvgIpc) is 3.03. The third kappa shape index (κ3) is 5.42. The van der Waals surface area contributed by atoms with Crippen LogP contribution < -0.4 is 15.4 Å². The van der Waals surface area contributed by atoms with E-state index in [-0.39, 0.29) is 5.75 Å². The molecule has 3 N–H and O–H groups in total. The highest BCUT2D eigenvalue weighted by Crippen LogP contribution is 2.50. The predicted octanol–water partition coefficient (Wildman–Crippen LogP) is 0.951. The minimum absolute atomic E-state index is 0.288. The number of amides is 2. The van der Waals surface area contributed by atoms with Crippen molar-refractivity contribution in [3.8, 4) is 5.75 Å². The maximum absolute atomic E-state index is 13.3. The monoisotopic (exact) mass is 505 g/mol. The van der Waals surface area contributed by atoms with Gasteiger partial charge >= 0.3 is 17.9 Å². The molecule has 1 aromatic carbocycles. The lowest BCUT2D eigenvalue weighted by atomic mass is 9.95. The average molecular weight is 506 g/mol. The van der Waals surface area contributed by atoms with Crippen LogP contribution in [-0.2, 0) is 28.7 Å². The van der Waals surface area contributed by atoms with Gasteiger partial charge < -0.3 is 30.1 Å². The molecule has 0 aliphatic carbocycles. The molecule has 2 aliphatic rings. The number of nitrogens with zero attached hydrogens (tertiary/aromatic N) is 1. The summed E-state index contributed by atoms with van der Waals surface area (Å²) < 4.78 is 8.92. The first kappa shape index (κ1) is 26.1. The second kappa shape index (κ2) is 9.98. The number of thioether (sulfide) groups is 1. The van der Waals surface area contributed by atoms with Gasteiger partial charge in [-0.3, -0.25) is 14.4 Å². The highest BCUT2D eigenvalue weighted by Gasteiger charge is 2.64. The fraction of sp³-hybridized carbons (Fsp3) is 0.435. The summed E-state index contributed by atoms with van der Waals surface area (Å²) in [5, 5.41) is 14.7. The van der Waals surface area contributed by atoms with Crippen molar-refractivity contribution in [2.45, 2.75) is 55.9 Å². The molecule has 188 valence electrons. The molecule has 12 heteroatoms. The first-order valence-electron chi connectivity index (χ1n) is 10.7. The number of carbonyl (C=O) groups is 5. The smallest absolute Gasteiger partial charge is 0.332 e. The van der Waals surface area contributed by atoms with Crippen LogP contribution in [0.5, 0.6) is 5.75 Å². The molecule has 0 radical (unpaired) electrons. The fourth-order valence-electron chi connectivity index (χ4n) is 4.08. The van der Waals surface area contributed by atoms with Gasteiger partial charge in [0.05, 0.1) is 7.11 Å². The van der Waals surface area contributed by atoms with Crippen molar-refractivity contribution in [3.05, 3.63) is 41.6 Å². The van der Waals surface area contributed by atoms with Crippen LogP contribution in [0.4, 0.5) is 0 Å². The molecule has 0 bridgehead atoms. The molecule has 2 aliphatic heterocycles. The molecule has 3 rings (SSSR count). The zero-order chi connectivity index (χ0) is 26.1. The first-order chi connectivity index (χ1) is 16.4. The Kier molecular flexibility index (Phi) is 7.44. The SMILES string of the molecule is COC(=O)/C=C(\C)NC(C(=O)NC1C(=O)N2[C@@H]1SC(C)(C)[C@@H]2C(=O)O)c1ccc(OC(C)=O)cc1. The Morgan fingerprint density at radius 2 is 1.80 bits per heavy atom. The third-order valence-electron chi connectivity index (χ3n) is 5.62. The molecule has 2 unspecified atom stereocenters. The summed E-state index contributed by atoms with van der Waals surface area (Å²) in [6.45, 7) is 6.34. The number of fused-ring (bicyclic) bond motifs is 1. The van der Waals surface area contributed by atoms with E-state index in [1.807, 2.05) is 0 Å². The number of benzene rings is 1. The number of β-lactam (4-membered cyclic amide) rings is 1. The number of hydrogen-bond donors (Lipinski definition) is 3. The van der Waals surface area contributed by atoms with Gasteiger partial charge in [-0.1, -0.05) is 12.1 Å². The van der Waals surface area contributed by atoms with Crippen LogP contribution in [-0.4, -0.2) is 69.0 Å². The molecule has 2 fully saturated rings. The van der Waals surface area contributed by atoms with Crippen molar-refractivity contribution in [3.63, 3.8) is 0 Å². The number of methoxy groups -OCH3 is 1. The normalized spacial score (nSPS) is 23.5. The van der Waals surface area contributed by atoms with Gasteiger partial charge in [0.15, 0.2) is 0 Å². The predicted molar refractivity (Wildman–Crippen MR) is 125 cm³/mol. The number of allylic oxidation sites excluding steroid dienone is 1. The fourth-order valence-corrected chi connectivity index (χ4v) is 5.71. The summed E-state index contributed by atoms with van der Waals surface area (Å²) in [7, 11) is 1.23. The third-order valence-corrected chi connectivity index (χ3v) is 7.19. The number of ether oxygens (including phenoxy) is 2. The van der Waals surface area contributed by atoms with Crippen molar-refractivity contribution >= 4 is 41.5 Å². The number of carboxylic acids is 1. The first-order valence-corrected chi connectivity index (χ1v) is 11.6. The standard InChI is InChI=1S/C23H27N3O8S/c1-11(10-15(28)33-5)24-16(13-6-8-14(9-7-13)34-12(2)27)19(29)25-17-20(30)26-18(22(31)32)23(3,4)35-21(17)26/h6-10,16-18,21,24H,1-5H3,(H,25,29)(H,31,32)/b11-10+/t16?,17?,18-,21+/m0/s1. The van der Waals surface area contributed by atoms with E-state index in [0.717, 1.165) is 0 Å². The second-order valence-electron chi connectivity index (χ2n) is 8.67. The molecule has 11 nitrogen and oxygen atoms in total. The van der Waals surface area contributed by atoms with Crippen LogP contribution in [0, 0.1) is 0 Å². The molecule has 0 aromatic heterocycles. The van der Waals surface area contributed by atoms with Gasteiger partial charge in [-0.05, 0) is 38.5 Å². The molecule has 2 amide bonds. The van der Waals surface area contributed by atoms with Crippen LogP contribution >= 0.6 is 11.8 Å². The number of hydrogen-bond acceptors (Lipinski definition) is 9. The van der Waals surface area contributed by atoms with E-state index in [2.05, 4.69) is 15.4 Å². The Bertz CT molecular complexity index is 1080. The van der Waals surface area contributed by atoms with Crippen LogP contribution in [0.15, 0.2) is 36.0 Å². The zero-order valence-electron chi connectivity index (χ0n) is 19.9. The number of carbonyl (C=O) groups excluding carboxylic acids is 4. The number of carboxylic acid groups (broad SMARTS) is 1. The van der Waals surface area contributed by atoms with E-state index in [1.54, 1.807) is 32.9 Å². The van der Waals surface area contributed by atoms with E-state index in [0.29, 0.717) is 11.3 Å². The summed E-state index contributed by atoms with van der Waals surface area (Å²) >= 11 is 1.32. The maximum Gasteiger partial charge on any atom is 0.332 e. The van der Waals surface area contributed by atoms with Gasteiger partial charge in [0, 0.05) is 23.4 Å². The molecule has 0 spiro atoms. The Morgan fingerprint density at radius 1 is 1.17 bits per heavy atom. The molecule has 35 heavy (non-hydrogen) atoms. The summed E-state index contributed by atoms with van der Waals surface area (Å²) in [5.74, 6) is -2.95. The van der Waals surface area contributed by atoms with Crippen LogP contribution in [0.2, 0.25) is 0 Å². The largest absolute Gasteiger partial charge is 0.480 e. The quantitative estimate of drug-likeness (QED) is 0.202. The highest BCUT2D eigenvalue weighted by atomic mass is 32.2. The lowest BCUT2D eigenvalue weighted by Crippen LogP contribution is -2.71. The van der Waals surface area contributed by atoms with E-state index in [4.69, 9.17) is 4.74 Å². The Labute approximate surface area is 206 Å². The molecule has 2 saturated heterocycles. The topological polar surface area (TPSA) is 151 Å². The number of rotatable bonds is 8. The molecule has 4 atom stereocenters. The summed E-state index contributed by atoms with van der Waals surface area (Å²) in [6, 6.07) is 3.27. The van der Waals surface area contributed by atoms with Crippen molar-refractivity contribution < 1.29 is 38.6 Å². The van der Waals surface area contributed by atoms with E-state index >= 15 is 0 Å². The van der Waals surface area contributed by atoms with Crippen LogP contribution in [0.1, 0.15) is 39.3 Å². The lowest BCUT2D eigenvalue weighted by molar-refractivity contribution is -0.161. The van der Waals surface area contributed by atoms with Crippen LogP contribution in [0.3, 0.4) is 0 Å². The van der Waals surface area contributed by atoms with Gasteiger partial charge in [0.25, 0.3) is 0 Å². The van der Waals surface area contributed by atoms with Crippen molar-refractivity contribution in [1.29, 1.82) is 0 Å². The minimum atomic E-state index is -1.10. The van der Waals surface area contributed by atoms with Crippen molar-refractivity contribution in [2.24, 2.45) is 0 Å². The Hall–Kier alpha value is -3.54. The highest BCUT2D eigenvalue weighted by molar-refractivity contribution is 8.01. The molecular weight excluding hydrogens is 478 g/mol. The number of aliphatic carboxylic acids is 1. The molecule has 1 aromatic rings. The Balaban J connectivity index is 1.83. The van der Waals surface area contributed by atoms with E-state index < -0.39 is 58.0 Å². The Morgan fingerprint density at radius 3 is 2.34 bits per heavy atom.